The fourth-order valence-corrected chi connectivity index (χ4v) is 8.12. The molecule has 0 aliphatic rings. The van der Waals surface area contributed by atoms with Gasteiger partial charge < -0.3 is 0 Å². The Morgan fingerprint density at radius 3 is 1.29 bits per heavy atom. The van der Waals surface area contributed by atoms with E-state index in [1.165, 1.54) is 98.7 Å². The molecule has 0 aliphatic heterocycles. The van der Waals surface area contributed by atoms with E-state index in [2.05, 4.69) is 206 Å². The number of hydrogen-bond acceptors (Lipinski definition) is 0. The Kier molecular flexibility index (Phi) is 7.25. The molecule has 0 unspecified atom stereocenters. The number of hydrogen-bond donors (Lipinski definition) is 0. The molecule has 0 heterocycles. The predicted molar refractivity (Wildman–Crippen MR) is 224 cm³/mol. The molecular weight excluding hydrogens is 625 g/mol. The highest BCUT2D eigenvalue weighted by Gasteiger charge is 2.18. The minimum Gasteiger partial charge on any atom is -0.0622 e. The summed E-state index contributed by atoms with van der Waals surface area (Å²) in [6, 6.07) is 75.6. The quantitative estimate of drug-likeness (QED) is 0.161. The molecule has 0 amide bonds. The highest BCUT2D eigenvalue weighted by molar-refractivity contribution is 6.22. The smallest absolute Gasteiger partial charge is 0.00261 e. The van der Waals surface area contributed by atoms with Crippen molar-refractivity contribution in [1.82, 2.24) is 0 Å². The van der Waals surface area contributed by atoms with Gasteiger partial charge in [0.1, 0.15) is 0 Å². The van der Waals surface area contributed by atoms with Crippen molar-refractivity contribution >= 4 is 43.1 Å². The molecular formula is C52H34. The van der Waals surface area contributed by atoms with Crippen LogP contribution in [0.3, 0.4) is 0 Å². The van der Waals surface area contributed by atoms with Crippen molar-refractivity contribution in [2.24, 2.45) is 0 Å². The van der Waals surface area contributed by atoms with Crippen molar-refractivity contribution in [2.75, 3.05) is 0 Å². The number of fused-ring (bicyclic) bond motifs is 4. The van der Waals surface area contributed by atoms with Gasteiger partial charge in [-0.05, 0) is 123 Å². The van der Waals surface area contributed by atoms with E-state index in [1.807, 2.05) is 0 Å². The summed E-state index contributed by atoms with van der Waals surface area (Å²) in [6.45, 7) is 0. The first-order chi connectivity index (χ1) is 25.8. The van der Waals surface area contributed by atoms with Crippen molar-refractivity contribution in [1.29, 1.82) is 0 Å². The first-order valence-corrected chi connectivity index (χ1v) is 18.0. The monoisotopic (exact) mass is 658 g/mol. The average Bonchev–Trinajstić information content (AvgIpc) is 3.22. The molecule has 0 aromatic heterocycles. The van der Waals surface area contributed by atoms with E-state index in [0.29, 0.717) is 0 Å². The van der Waals surface area contributed by atoms with Crippen LogP contribution in [0.25, 0.3) is 98.7 Å². The zero-order valence-corrected chi connectivity index (χ0v) is 28.6. The van der Waals surface area contributed by atoms with Gasteiger partial charge in [-0.15, -0.1) is 0 Å². The lowest BCUT2D eigenvalue weighted by atomic mass is 9.85. The zero-order chi connectivity index (χ0) is 34.4. The lowest BCUT2D eigenvalue weighted by molar-refractivity contribution is 1.60. The van der Waals surface area contributed by atoms with Gasteiger partial charge in [0, 0.05) is 0 Å². The maximum Gasteiger partial charge on any atom is -0.00261 e. The molecule has 10 aromatic rings. The third-order valence-corrected chi connectivity index (χ3v) is 10.6. The van der Waals surface area contributed by atoms with Gasteiger partial charge in [0.2, 0.25) is 0 Å². The van der Waals surface area contributed by atoms with E-state index in [9.17, 15) is 0 Å². The van der Waals surface area contributed by atoms with E-state index in [0.717, 1.165) is 0 Å². The van der Waals surface area contributed by atoms with Crippen LogP contribution in [0.1, 0.15) is 0 Å². The van der Waals surface area contributed by atoms with Crippen LogP contribution in [0, 0.1) is 0 Å². The minimum absolute atomic E-state index is 1.21. The Hall–Kier alpha value is -6.76. The van der Waals surface area contributed by atoms with Gasteiger partial charge in [0.25, 0.3) is 0 Å². The van der Waals surface area contributed by atoms with Crippen molar-refractivity contribution in [3.05, 3.63) is 206 Å². The van der Waals surface area contributed by atoms with Gasteiger partial charge in [0.05, 0.1) is 0 Å². The molecule has 52 heavy (non-hydrogen) atoms. The lowest BCUT2D eigenvalue weighted by Gasteiger charge is -2.19. The van der Waals surface area contributed by atoms with Crippen LogP contribution >= 0.6 is 0 Å². The Morgan fingerprint density at radius 1 is 0.192 bits per heavy atom. The number of benzene rings is 10. The largest absolute Gasteiger partial charge is 0.0622 e. The standard InChI is InChI=1S/C52H34/c1-3-13-35(14-4-1)44-32-42-29-30-43(52-47-21-11-9-19-45(47)51(39-16-5-2-6-17-39)46-20-10-12-22-48(46)52)33-50(42)49(34-44)38-26-23-37(24-27-38)41-28-25-36-15-7-8-18-40(36)31-41/h1-34H. The van der Waals surface area contributed by atoms with Gasteiger partial charge in [-0.25, -0.2) is 0 Å². The van der Waals surface area contributed by atoms with Crippen LogP contribution in [-0.4, -0.2) is 0 Å². The normalized spacial score (nSPS) is 11.5. The van der Waals surface area contributed by atoms with Crippen LogP contribution in [0.4, 0.5) is 0 Å². The molecule has 10 rings (SSSR count). The summed E-state index contributed by atoms with van der Waals surface area (Å²) in [4.78, 5) is 0. The highest BCUT2D eigenvalue weighted by atomic mass is 14.2. The molecule has 0 N–H and O–H groups in total. The predicted octanol–water partition coefficient (Wildman–Crippen LogP) is 14.6. The van der Waals surface area contributed by atoms with Crippen LogP contribution in [-0.2, 0) is 0 Å². The maximum absolute atomic E-state index is 2.42. The summed E-state index contributed by atoms with van der Waals surface area (Å²) in [7, 11) is 0. The zero-order valence-electron chi connectivity index (χ0n) is 28.6. The second-order valence-corrected chi connectivity index (χ2v) is 13.7. The minimum atomic E-state index is 1.21. The first-order valence-electron chi connectivity index (χ1n) is 18.0. The molecule has 0 fully saturated rings. The van der Waals surface area contributed by atoms with Crippen LogP contribution in [0.5, 0.6) is 0 Å². The van der Waals surface area contributed by atoms with E-state index >= 15 is 0 Å². The van der Waals surface area contributed by atoms with Crippen molar-refractivity contribution in [3.63, 3.8) is 0 Å². The van der Waals surface area contributed by atoms with Gasteiger partial charge in [-0.1, -0.05) is 182 Å². The highest BCUT2D eigenvalue weighted by Crippen LogP contribution is 2.45. The van der Waals surface area contributed by atoms with Crippen LogP contribution in [0.15, 0.2) is 206 Å². The molecule has 0 bridgehead atoms. The van der Waals surface area contributed by atoms with Gasteiger partial charge >= 0.3 is 0 Å². The topological polar surface area (TPSA) is 0 Å². The Labute approximate surface area is 303 Å². The van der Waals surface area contributed by atoms with Crippen LogP contribution < -0.4 is 0 Å². The fraction of sp³-hybridized carbons (Fsp3) is 0. The SMILES string of the molecule is c1ccc(-c2cc(-c3ccc(-c4ccc5ccccc5c4)cc3)c3cc(-c4c5ccccc5c(-c5ccccc5)c5ccccc45)ccc3c2)cc1. The van der Waals surface area contributed by atoms with E-state index in [4.69, 9.17) is 0 Å². The third kappa shape index (κ3) is 5.16. The molecule has 0 heteroatoms. The van der Waals surface area contributed by atoms with E-state index < -0.39 is 0 Å². The van der Waals surface area contributed by atoms with Gasteiger partial charge in [0.15, 0.2) is 0 Å². The Morgan fingerprint density at radius 2 is 0.635 bits per heavy atom. The maximum atomic E-state index is 2.42. The first kappa shape index (κ1) is 30.1. The lowest BCUT2D eigenvalue weighted by Crippen LogP contribution is -1.91. The van der Waals surface area contributed by atoms with Crippen molar-refractivity contribution in [2.45, 2.75) is 0 Å². The van der Waals surface area contributed by atoms with Crippen molar-refractivity contribution < 1.29 is 0 Å². The fourth-order valence-electron chi connectivity index (χ4n) is 8.12. The second kappa shape index (κ2) is 12.5. The van der Waals surface area contributed by atoms with Crippen LogP contribution in [0.2, 0.25) is 0 Å². The third-order valence-electron chi connectivity index (χ3n) is 10.6. The average molecular weight is 659 g/mol. The molecule has 0 spiro atoms. The summed E-state index contributed by atoms with van der Waals surface area (Å²) in [5.41, 5.74) is 12.4. The van der Waals surface area contributed by atoms with Gasteiger partial charge in [-0.2, -0.15) is 0 Å². The molecule has 10 aromatic carbocycles. The van der Waals surface area contributed by atoms with Gasteiger partial charge in [-0.3, -0.25) is 0 Å². The molecule has 0 atom stereocenters. The van der Waals surface area contributed by atoms with Crippen molar-refractivity contribution in [3.8, 4) is 55.6 Å². The Balaban J connectivity index is 1.19. The summed E-state index contributed by atoms with van der Waals surface area (Å²) < 4.78 is 0. The summed E-state index contributed by atoms with van der Waals surface area (Å²) in [6.07, 6.45) is 0. The summed E-state index contributed by atoms with van der Waals surface area (Å²) in [5.74, 6) is 0. The molecule has 0 aliphatic carbocycles. The van der Waals surface area contributed by atoms with E-state index in [1.54, 1.807) is 0 Å². The molecule has 0 nitrogen and oxygen atoms in total. The van der Waals surface area contributed by atoms with E-state index in [-0.39, 0.29) is 0 Å². The molecule has 0 radical (unpaired) electrons. The Bertz CT molecular complexity index is 2860. The number of rotatable bonds is 5. The molecule has 242 valence electrons. The molecule has 0 saturated heterocycles. The second-order valence-electron chi connectivity index (χ2n) is 13.7. The summed E-state index contributed by atoms with van der Waals surface area (Å²) in [5, 5.41) is 10.1. The molecule has 0 saturated carbocycles. The summed E-state index contributed by atoms with van der Waals surface area (Å²) >= 11 is 0.